The van der Waals surface area contributed by atoms with Crippen molar-refractivity contribution in [1.29, 1.82) is 0 Å². The van der Waals surface area contributed by atoms with Gasteiger partial charge in [0, 0.05) is 18.6 Å². The molecule has 1 saturated heterocycles. The van der Waals surface area contributed by atoms with Crippen molar-refractivity contribution in [1.82, 2.24) is 10.2 Å². The maximum atomic E-state index is 12.1. The Bertz CT molecular complexity index is 342. The van der Waals surface area contributed by atoms with Gasteiger partial charge in [0.2, 0.25) is 5.91 Å². The molecule has 19 heavy (non-hydrogen) atoms. The van der Waals surface area contributed by atoms with E-state index in [1.54, 1.807) is 0 Å². The molecule has 1 atom stereocenters. The predicted octanol–water partition coefficient (Wildman–Crippen LogP) is 0.341. The first-order valence-electron chi connectivity index (χ1n) is 7.30. The number of likely N-dealkylation sites (N-methyl/N-ethyl adjacent to an activating group) is 1. The van der Waals surface area contributed by atoms with Gasteiger partial charge in [-0.25, -0.2) is 0 Å². The highest BCUT2D eigenvalue weighted by Gasteiger charge is 2.51. The number of carbonyl (C=O) groups excluding carboxylic acids is 1. The average molecular weight is 269 g/mol. The number of hydrogen-bond acceptors (Lipinski definition) is 4. The largest absolute Gasteiger partial charge is 0.378 e. The first-order chi connectivity index (χ1) is 8.92. The molecule has 5 heteroatoms. The highest BCUT2D eigenvalue weighted by atomic mass is 16.5. The minimum absolute atomic E-state index is 0.0384. The van der Waals surface area contributed by atoms with E-state index in [0.717, 1.165) is 32.5 Å². The normalized spacial score (nSPS) is 26.9. The fraction of sp³-hybridized carbons (Fsp3) is 0.929. The zero-order valence-corrected chi connectivity index (χ0v) is 12.4. The molecule has 1 amide bonds. The van der Waals surface area contributed by atoms with Crippen LogP contribution in [0.15, 0.2) is 0 Å². The van der Waals surface area contributed by atoms with Crippen molar-refractivity contribution in [2.45, 2.75) is 44.7 Å². The topological polar surface area (TPSA) is 67.6 Å². The summed E-state index contributed by atoms with van der Waals surface area (Å²) in [5.41, 5.74) is 5.14. The van der Waals surface area contributed by atoms with E-state index in [1.165, 1.54) is 0 Å². The smallest absolute Gasteiger partial charge is 0.239 e. The number of nitrogens with two attached hydrogens (primary N) is 1. The zero-order chi connectivity index (χ0) is 14.1. The molecule has 0 aromatic rings. The fourth-order valence-electron chi connectivity index (χ4n) is 3.07. The Balaban J connectivity index is 2.17. The summed E-state index contributed by atoms with van der Waals surface area (Å²) in [7, 11) is 0. The molecule has 0 aromatic heterocycles. The van der Waals surface area contributed by atoms with Gasteiger partial charge in [0.15, 0.2) is 0 Å². The fourth-order valence-corrected chi connectivity index (χ4v) is 3.07. The molecule has 0 bridgehead atoms. The number of rotatable bonds is 6. The van der Waals surface area contributed by atoms with Gasteiger partial charge in [0.1, 0.15) is 5.54 Å². The summed E-state index contributed by atoms with van der Waals surface area (Å²) in [6.45, 7) is 10.1. The van der Waals surface area contributed by atoms with Crippen molar-refractivity contribution in [2.24, 2.45) is 11.7 Å². The minimum Gasteiger partial charge on any atom is -0.378 e. The molecule has 1 saturated carbocycles. The van der Waals surface area contributed by atoms with Crippen molar-refractivity contribution >= 4 is 5.91 Å². The Morgan fingerprint density at radius 2 is 2.21 bits per heavy atom. The Labute approximate surface area is 115 Å². The summed E-state index contributed by atoms with van der Waals surface area (Å²) >= 11 is 0. The van der Waals surface area contributed by atoms with Crippen LogP contribution in [0.25, 0.3) is 0 Å². The van der Waals surface area contributed by atoms with Gasteiger partial charge in [-0.3, -0.25) is 9.69 Å². The molecule has 2 rings (SSSR count). The summed E-state index contributed by atoms with van der Waals surface area (Å²) in [5, 5.41) is 3.39. The van der Waals surface area contributed by atoms with Gasteiger partial charge < -0.3 is 15.8 Å². The van der Waals surface area contributed by atoms with E-state index in [4.69, 9.17) is 10.5 Å². The SMILES string of the molecule is CCNC(CN1CCOCC1(C)C)(C(N)=O)C1CC1. The molecule has 1 heterocycles. The Morgan fingerprint density at radius 1 is 1.53 bits per heavy atom. The molecule has 1 unspecified atom stereocenters. The van der Waals surface area contributed by atoms with Crippen molar-refractivity contribution < 1.29 is 9.53 Å². The van der Waals surface area contributed by atoms with Crippen LogP contribution in [0.1, 0.15) is 33.6 Å². The van der Waals surface area contributed by atoms with Crippen molar-refractivity contribution in [3.63, 3.8) is 0 Å². The van der Waals surface area contributed by atoms with Gasteiger partial charge in [0.25, 0.3) is 0 Å². The number of morpholine rings is 1. The first kappa shape index (κ1) is 14.8. The Hall–Kier alpha value is -0.650. The molecule has 1 aliphatic carbocycles. The minimum atomic E-state index is -0.566. The van der Waals surface area contributed by atoms with E-state index in [0.29, 0.717) is 19.1 Å². The molecule has 5 nitrogen and oxygen atoms in total. The third-order valence-corrected chi connectivity index (χ3v) is 4.46. The van der Waals surface area contributed by atoms with E-state index in [9.17, 15) is 4.79 Å². The number of hydrogen-bond donors (Lipinski definition) is 2. The number of amides is 1. The number of nitrogens with one attached hydrogen (secondary N) is 1. The standard InChI is InChI=1S/C14H27N3O2/c1-4-16-14(12(15)18,11-5-6-11)9-17-7-8-19-10-13(17,2)3/h11,16H,4-10H2,1-3H3,(H2,15,18). The lowest BCUT2D eigenvalue weighted by atomic mass is 9.88. The predicted molar refractivity (Wildman–Crippen MR) is 74.8 cm³/mol. The van der Waals surface area contributed by atoms with Crippen LogP contribution in [0.5, 0.6) is 0 Å². The van der Waals surface area contributed by atoms with Crippen LogP contribution < -0.4 is 11.1 Å². The first-order valence-corrected chi connectivity index (χ1v) is 7.30. The van der Waals surface area contributed by atoms with Gasteiger partial charge in [-0.05, 0) is 39.2 Å². The van der Waals surface area contributed by atoms with E-state index in [-0.39, 0.29) is 11.4 Å². The van der Waals surface area contributed by atoms with Gasteiger partial charge in [0.05, 0.1) is 13.2 Å². The summed E-state index contributed by atoms with van der Waals surface area (Å²) in [6, 6.07) is 0. The second-order valence-electron chi connectivity index (χ2n) is 6.43. The number of carbonyl (C=O) groups is 1. The van der Waals surface area contributed by atoms with Crippen LogP contribution >= 0.6 is 0 Å². The van der Waals surface area contributed by atoms with Gasteiger partial charge in [-0.15, -0.1) is 0 Å². The monoisotopic (exact) mass is 269 g/mol. The molecule has 3 N–H and O–H groups in total. The maximum Gasteiger partial charge on any atom is 0.239 e. The quantitative estimate of drug-likeness (QED) is 0.730. The molecule has 110 valence electrons. The van der Waals surface area contributed by atoms with Crippen LogP contribution in [0.3, 0.4) is 0 Å². The maximum absolute atomic E-state index is 12.1. The second kappa shape index (κ2) is 5.38. The van der Waals surface area contributed by atoms with E-state index < -0.39 is 5.54 Å². The van der Waals surface area contributed by atoms with Gasteiger partial charge in [-0.1, -0.05) is 6.92 Å². The zero-order valence-electron chi connectivity index (χ0n) is 12.4. The van der Waals surface area contributed by atoms with Crippen LogP contribution in [0.4, 0.5) is 0 Å². The van der Waals surface area contributed by atoms with E-state index in [1.807, 2.05) is 6.92 Å². The van der Waals surface area contributed by atoms with Crippen molar-refractivity contribution in [2.75, 3.05) is 32.8 Å². The third-order valence-electron chi connectivity index (χ3n) is 4.46. The Morgan fingerprint density at radius 3 is 2.68 bits per heavy atom. The number of ether oxygens (including phenoxy) is 1. The van der Waals surface area contributed by atoms with Crippen molar-refractivity contribution in [3.8, 4) is 0 Å². The lowest BCUT2D eigenvalue weighted by Crippen LogP contribution is -2.67. The average Bonchev–Trinajstić information content (AvgIpc) is 3.14. The summed E-state index contributed by atoms with van der Waals surface area (Å²) in [4.78, 5) is 14.4. The van der Waals surface area contributed by atoms with Gasteiger partial charge >= 0.3 is 0 Å². The lowest BCUT2D eigenvalue weighted by Gasteiger charge is -2.47. The van der Waals surface area contributed by atoms with Crippen LogP contribution in [-0.2, 0) is 9.53 Å². The third kappa shape index (κ3) is 2.93. The molecule has 2 fully saturated rings. The molecular weight excluding hydrogens is 242 g/mol. The highest BCUT2D eigenvalue weighted by molar-refractivity contribution is 5.86. The summed E-state index contributed by atoms with van der Waals surface area (Å²) in [6.07, 6.45) is 2.20. The Kier molecular flexibility index (Phi) is 4.18. The summed E-state index contributed by atoms with van der Waals surface area (Å²) in [5.74, 6) is 0.183. The van der Waals surface area contributed by atoms with Crippen molar-refractivity contribution in [3.05, 3.63) is 0 Å². The van der Waals surface area contributed by atoms with Gasteiger partial charge in [-0.2, -0.15) is 0 Å². The number of primary amides is 1. The van der Waals surface area contributed by atoms with E-state index >= 15 is 0 Å². The van der Waals surface area contributed by atoms with Crippen LogP contribution in [0.2, 0.25) is 0 Å². The molecule has 0 radical (unpaired) electrons. The van der Waals surface area contributed by atoms with Crippen LogP contribution in [0, 0.1) is 5.92 Å². The molecule has 1 aliphatic heterocycles. The summed E-state index contributed by atoms with van der Waals surface area (Å²) < 4.78 is 5.55. The van der Waals surface area contributed by atoms with Crippen LogP contribution in [-0.4, -0.2) is 54.7 Å². The second-order valence-corrected chi connectivity index (χ2v) is 6.43. The number of nitrogens with zero attached hydrogens (tertiary/aromatic N) is 1. The lowest BCUT2D eigenvalue weighted by molar-refractivity contribution is -0.129. The molecular formula is C14H27N3O2. The molecule has 0 spiro atoms. The molecule has 0 aromatic carbocycles. The molecule has 2 aliphatic rings. The highest BCUT2D eigenvalue weighted by Crippen LogP contribution is 2.41. The van der Waals surface area contributed by atoms with E-state index in [2.05, 4.69) is 24.1 Å².